The molecule has 5 rings (SSSR count). The highest BCUT2D eigenvalue weighted by Crippen LogP contribution is 2.39. The first-order valence-corrected chi connectivity index (χ1v) is 10.6. The van der Waals surface area contributed by atoms with E-state index in [1.165, 1.54) is 37.1 Å². The minimum atomic E-state index is -0.331. The number of carbonyl (C=O) groups excluding carboxylic acids is 1. The fraction of sp³-hybridized carbons (Fsp3) is 0.500. The zero-order chi connectivity index (χ0) is 20.5. The number of halogens is 1. The smallest absolute Gasteiger partial charge is 0.261 e. The fourth-order valence-corrected chi connectivity index (χ4v) is 4.20. The summed E-state index contributed by atoms with van der Waals surface area (Å²) in [6.07, 6.45) is 8.68. The van der Waals surface area contributed by atoms with Gasteiger partial charge in [0, 0.05) is 18.5 Å². The maximum atomic E-state index is 13.0. The summed E-state index contributed by atoms with van der Waals surface area (Å²) in [5, 5.41) is 0. The first kappa shape index (κ1) is 19.2. The Labute approximate surface area is 174 Å². The molecule has 1 aliphatic carbocycles. The zero-order valence-electron chi connectivity index (χ0n) is 16.7. The number of ether oxygens (including phenoxy) is 2. The van der Waals surface area contributed by atoms with Crippen LogP contribution in [0.15, 0.2) is 36.7 Å². The maximum Gasteiger partial charge on any atom is 0.261 e. The summed E-state index contributed by atoms with van der Waals surface area (Å²) in [4.78, 5) is 25.6. The number of carbonyl (C=O) groups is 1. The summed E-state index contributed by atoms with van der Waals surface area (Å²) in [6, 6.07) is 6.09. The monoisotopic (exact) mass is 412 g/mol. The second-order valence-corrected chi connectivity index (χ2v) is 8.20. The van der Waals surface area contributed by atoms with E-state index in [2.05, 4.69) is 14.9 Å². The van der Waals surface area contributed by atoms with Crippen LogP contribution in [0.5, 0.6) is 11.6 Å². The minimum absolute atomic E-state index is 0.0657. The number of benzene rings is 1. The molecular formula is C22H25FN4O3. The van der Waals surface area contributed by atoms with E-state index in [1.54, 1.807) is 11.1 Å². The van der Waals surface area contributed by atoms with Crippen LogP contribution in [0.3, 0.4) is 0 Å². The first-order valence-electron chi connectivity index (χ1n) is 10.6. The Morgan fingerprint density at radius 3 is 2.63 bits per heavy atom. The Balaban J connectivity index is 1.16. The third kappa shape index (κ3) is 4.23. The zero-order valence-corrected chi connectivity index (χ0v) is 16.7. The molecule has 0 spiro atoms. The largest absolute Gasteiger partial charge is 0.484 e. The van der Waals surface area contributed by atoms with E-state index in [9.17, 15) is 9.18 Å². The quantitative estimate of drug-likeness (QED) is 0.727. The van der Waals surface area contributed by atoms with Crippen LogP contribution in [0.25, 0.3) is 0 Å². The second kappa shape index (κ2) is 8.18. The van der Waals surface area contributed by atoms with Crippen molar-refractivity contribution in [1.82, 2.24) is 19.8 Å². The van der Waals surface area contributed by atoms with Crippen molar-refractivity contribution >= 4 is 5.91 Å². The van der Waals surface area contributed by atoms with Crippen LogP contribution in [0.4, 0.5) is 4.39 Å². The summed E-state index contributed by atoms with van der Waals surface area (Å²) >= 11 is 0. The molecule has 158 valence electrons. The Morgan fingerprint density at radius 2 is 1.90 bits per heavy atom. The van der Waals surface area contributed by atoms with Crippen LogP contribution in [-0.2, 0) is 4.79 Å². The molecule has 0 N–H and O–H groups in total. The van der Waals surface area contributed by atoms with Gasteiger partial charge in [0.05, 0.1) is 24.8 Å². The van der Waals surface area contributed by atoms with Gasteiger partial charge in [-0.25, -0.2) is 14.3 Å². The molecule has 1 amide bonds. The molecule has 2 aliphatic heterocycles. The number of rotatable bonds is 6. The Bertz CT molecular complexity index is 888. The van der Waals surface area contributed by atoms with Crippen molar-refractivity contribution in [2.45, 2.75) is 50.3 Å². The molecule has 1 saturated carbocycles. The lowest BCUT2D eigenvalue weighted by Gasteiger charge is -2.39. The van der Waals surface area contributed by atoms with Gasteiger partial charge in [-0.2, -0.15) is 0 Å². The normalized spacial score (nSPS) is 23.8. The molecule has 2 saturated heterocycles. The molecule has 2 atom stereocenters. The van der Waals surface area contributed by atoms with Gasteiger partial charge in [-0.3, -0.25) is 9.78 Å². The van der Waals surface area contributed by atoms with Gasteiger partial charge in [0.15, 0.2) is 12.8 Å². The Hall–Kier alpha value is -2.74. The van der Waals surface area contributed by atoms with Crippen molar-refractivity contribution in [3.63, 3.8) is 0 Å². The first-order chi connectivity index (χ1) is 14.7. The molecule has 1 aromatic heterocycles. The predicted octanol–water partition coefficient (Wildman–Crippen LogP) is 2.93. The third-order valence-electron chi connectivity index (χ3n) is 6.08. The van der Waals surface area contributed by atoms with Crippen molar-refractivity contribution in [3.8, 4) is 11.6 Å². The molecular weight excluding hydrogens is 387 g/mol. The van der Waals surface area contributed by atoms with Crippen LogP contribution in [0, 0.1) is 5.82 Å². The van der Waals surface area contributed by atoms with Crippen molar-refractivity contribution in [3.05, 3.63) is 48.2 Å². The third-order valence-corrected chi connectivity index (χ3v) is 6.08. The summed E-state index contributed by atoms with van der Waals surface area (Å²) in [5.41, 5.74) is 1.04. The van der Waals surface area contributed by atoms with Crippen LogP contribution in [-0.4, -0.2) is 57.8 Å². The van der Waals surface area contributed by atoms with Gasteiger partial charge in [0.1, 0.15) is 11.6 Å². The standard InChI is InChI=1S/C22H25FN4O3/c23-16-3-6-18(7-4-16)29-13-21(28)26-10-9-17-5-8-22(27(17)14-26)30-20-12-24-19(11-25-20)15-1-2-15/h3-4,6-7,11-12,15,17,22H,1-2,5,8-10,13-14H2/t17-,22-/m0/s1. The van der Waals surface area contributed by atoms with Gasteiger partial charge in [0.25, 0.3) is 5.91 Å². The van der Waals surface area contributed by atoms with Gasteiger partial charge in [-0.1, -0.05) is 0 Å². The van der Waals surface area contributed by atoms with E-state index in [-0.39, 0.29) is 24.6 Å². The molecule has 2 aromatic rings. The van der Waals surface area contributed by atoms with E-state index in [0.717, 1.165) is 25.0 Å². The van der Waals surface area contributed by atoms with Gasteiger partial charge in [0.2, 0.25) is 5.88 Å². The number of amides is 1. The minimum Gasteiger partial charge on any atom is -0.484 e. The summed E-state index contributed by atoms with van der Waals surface area (Å²) in [5.74, 6) is 1.17. The average Bonchev–Trinajstić information content (AvgIpc) is 3.55. The van der Waals surface area contributed by atoms with Crippen LogP contribution in [0.2, 0.25) is 0 Å². The second-order valence-electron chi connectivity index (χ2n) is 8.20. The van der Waals surface area contributed by atoms with Crippen LogP contribution < -0.4 is 9.47 Å². The van der Waals surface area contributed by atoms with Gasteiger partial charge >= 0.3 is 0 Å². The van der Waals surface area contributed by atoms with E-state index in [0.29, 0.717) is 36.8 Å². The Kier molecular flexibility index (Phi) is 5.25. The summed E-state index contributed by atoms with van der Waals surface area (Å²) in [7, 11) is 0. The lowest BCUT2D eigenvalue weighted by molar-refractivity contribution is -0.141. The van der Waals surface area contributed by atoms with E-state index < -0.39 is 0 Å². The predicted molar refractivity (Wildman–Crippen MR) is 106 cm³/mol. The topological polar surface area (TPSA) is 67.8 Å². The van der Waals surface area contributed by atoms with Crippen LogP contribution in [0.1, 0.15) is 43.7 Å². The molecule has 30 heavy (non-hydrogen) atoms. The van der Waals surface area contributed by atoms with E-state index >= 15 is 0 Å². The van der Waals surface area contributed by atoms with E-state index in [4.69, 9.17) is 9.47 Å². The molecule has 3 fully saturated rings. The number of aromatic nitrogens is 2. The average molecular weight is 412 g/mol. The number of nitrogens with zero attached hydrogens (tertiary/aromatic N) is 4. The molecule has 1 aromatic carbocycles. The van der Waals surface area contributed by atoms with Crippen molar-refractivity contribution in [2.75, 3.05) is 19.8 Å². The van der Waals surface area contributed by atoms with Crippen LogP contribution >= 0.6 is 0 Å². The lowest BCUT2D eigenvalue weighted by atomic mass is 10.1. The van der Waals surface area contributed by atoms with E-state index in [1.807, 2.05) is 6.20 Å². The molecule has 0 radical (unpaired) electrons. The van der Waals surface area contributed by atoms with Crippen molar-refractivity contribution in [1.29, 1.82) is 0 Å². The number of hydrogen-bond acceptors (Lipinski definition) is 6. The summed E-state index contributed by atoms with van der Waals surface area (Å²) < 4.78 is 24.6. The van der Waals surface area contributed by atoms with Gasteiger partial charge in [-0.15, -0.1) is 0 Å². The van der Waals surface area contributed by atoms with Gasteiger partial charge < -0.3 is 14.4 Å². The SMILES string of the molecule is O=C(COc1ccc(F)cc1)N1CC[C@@H]2CC[C@H](Oc3cnc(C4CC4)cn3)N2C1. The molecule has 0 bridgehead atoms. The number of hydrogen-bond donors (Lipinski definition) is 0. The number of fused-ring (bicyclic) bond motifs is 1. The van der Waals surface area contributed by atoms with Crippen molar-refractivity contribution in [2.24, 2.45) is 0 Å². The molecule has 8 heteroatoms. The molecule has 3 heterocycles. The highest BCUT2D eigenvalue weighted by Gasteiger charge is 2.40. The highest BCUT2D eigenvalue weighted by molar-refractivity contribution is 5.77. The summed E-state index contributed by atoms with van der Waals surface area (Å²) in [6.45, 7) is 1.15. The molecule has 3 aliphatic rings. The van der Waals surface area contributed by atoms with Crippen molar-refractivity contribution < 1.29 is 18.7 Å². The lowest BCUT2D eigenvalue weighted by Crippen LogP contribution is -2.54. The highest BCUT2D eigenvalue weighted by atomic mass is 19.1. The van der Waals surface area contributed by atoms with Gasteiger partial charge in [-0.05, 0) is 56.4 Å². The molecule has 0 unspecified atom stereocenters. The fourth-order valence-electron chi connectivity index (χ4n) is 4.20. The maximum absolute atomic E-state index is 13.0. The molecule has 7 nitrogen and oxygen atoms in total. The Morgan fingerprint density at radius 1 is 1.07 bits per heavy atom.